The SMILES string of the molecule is c1ccc(COC[C@H]2OC(Nc3ccccn3)[C@H](OCc3ccccc3)[C@@H](OCc3ccccc3)[C@@H]2OCc2ccccc2)cc1. The number of nitrogens with zero attached hydrogens (tertiary/aromatic N) is 1. The average molecular weight is 617 g/mol. The number of pyridine rings is 1. The number of anilines is 1. The Hall–Kier alpha value is -4.37. The van der Waals surface area contributed by atoms with Gasteiger partial charge in [0, 0.05) is 6.20 Å². The maximum Gasteiger partial charge on any atom is 0.158 e. The van der Waals surface area contributed by atoms with Crippen LogP contribution in [-0.4, -0.2) is 42.2 Å². The third kappa shape index (κ3) is 9.10. The molecule has 0 saturated carbocycles. The molecule has 0 spiro atoms. The molecule has 0 amide bonds. The fourth-order valence-electron chi connectivity index (χ4n) is 5.50. The number of ether oxygens (including phenoxy) is 5. The summed E-state index contributed by atoms with van der Waals surface area (Å²) in [5.41, 5.74) is 4.26. The molecule has 6 rings (SSSR count). The number of rotatable bonds is 15. The summed E-state index contributed by atoms with van der Waals surface area (Å²) < 4.78 is 33.3. The van der Waals surface area contributed by atoms with E-state index in [0.717, 1.165) is 22.3 Å². The lowest BCUT2D eigenvalue weighted by molar-refractivity contribution is -0.267. The van der Waals surface area contributed by atoms with Crippen LogP contribution < -0.4 is 5.32 Å². The van der Waals surface area contributed by atoms with Crippen molar-refractivity contribution in [2.45, 2.75) is 57.1 Å². The minimum absolute atomic E-state index is 0.297. The molecule has 1 aliphatic heterocycles. The van der Waals surface area contributed by atoms with Crippen molar-refractivity contribution in [1.29, 1.82) is 0 Å². The second kappa shape index (κ2) is 16.8. The van der Waals surface area contributed by atoms with Gasteiger partial charge < -0.3 is 29.0 Å². The van der Waals surface area contributed by atoms with Crippen LogP contribution in [0.4, 0.5) is 5.82 Å². The lowest BCUT2D eigenvalue weighted by Gasteiger charge is -2.46. The summed E-state index contributed by atoms with van der Waals surface area (Å²) in [5, 5.41) is 3.48. The summed E-state index contributed by atoms with van der Waals surface area (Å²) in [5.74, 6) is 0.676. The smallest absolute Gasteiger partial charge is 0.158 e. The predicted molar refractivity (Wildman–Crippen MR) is 178 cm³/mol. The minimum Gasteiger partial charge on any atom is -0.374 e. The molecule has 1 N–H and O–H groups in total. The fraction of sp³-hybridized carbons (Fsp3) is 0.256. The summed E-state index contributed by atoms with van der Waals surface area (Å²) in [6, 6.07) is 46.3. The summed E-state index contributed by atoms with van der Waals surface area (Å²) in [6.07, 6.45) is -0.861. The zero-order valence-corrected chi connectivity index (χ0v) is 25.8. The van der Waals surface area contributed by atoms with Gasteiger partial charge in [0.1, 0.15) is 30.2 Å². The maximum absolute atomic E-state index is 6.81. The van der Waals surface area contributed by atoms with Gasteiger partial charge in [-0.05, 0) is 34.4 Å². The molecule has 7 nitrogen and oxygen atoms in total. The molecule has 46 heavy (non-hydrogen) atoms. The molecule has 1 aromatic heterocycles. The Morgan fingerprint density at radius 1 is 0.500 bits per heavy atom. The highest BCUT2D eigenvalue weighted by Crippen LogP contribution is 2.31. The van der Waals surface area contributed by atoms with Crippen LogP contribution in [0.3, 0.4) is 0 Å². The topological polar surface area (TPSA) is 71.1 Å². The highest BCUT2D eigenvalue weighted by atomic mass is 16.6. The van der Waals surface area contributed by atoms with E-state index in [1.54, 1.807) is 6.20 Å². The van der Waals surface area contributed by atoms with E-state index in [9.17, 15) is 0 Å². The van der Waals surface area contributed by atoms with Crippen molar-refractivity contribution in [1.82, 2.24) is 4.98 Å². The van der Waals surface area contributed by atoms with Gasteiger partial charge in [-0.3, -0.25) is 0 Å². The Morgan fingerprint density at radius 2 is 0.957 bits per heavy atom. The Bertz CT molecular complexity index is 1540. The number of hydrogen-bond donors (Lipinski definition) is 1. The largest absolute Gasteiger partial charge is 0.374 e. The second-order valence-electron chi connectivity index (χ2n) is 11.2. The molecule has 0 radical (unpaired) electrons. The molecule has 7 heteroatoms. The van der Waals surface area contributed by atoms with Crippen molar-refractivity contribution in [3.05, 3.63) is 168 Å². The average Bonchev–Trinajstić information content (AvgIpc) is 3.12. The minimum atomic E-state index is -0.596. The Balaban J connectivity index is 1.31. The quantitative estimate of drug-likeness (QED) is 0.134. The van der Waals surface area contributed by atoms with Crippen LogP contribution >= 0.6 is 0 Å². The molecule has 2 heterocycles. The van der Waals surface area contributed by atoms with Crippen molar-refractivity contribution < 1.29 is 23.7 Å². The first kappa shape index (κ1) is 31.6. The predicted octanol–water partition coefficient (Wildman–Crippen LogP) is 7.19. The van der Waals surface area contributed by atoms with Crippen LogP contribution in [-0.2, 0) is 50.1 Å². The van der Waals surface area contributed by atoms with Gasteiger partial charge in [-0.1, -0.05) is 127 Å². The second-order valence-corrected chi connectivity index (χ2v) is 11.2. The normalized spacial score (nSPS) is 21.1. The van der Waals surface area contributed by atoms with E-state index in [2.05, 4.69) is 46.7 Å². The van der Waals surface area contributed by atoms with Gasteiger partial charge in [0.05, 0.1) is 33.0 Å². The van der Waals surface area contributed by atoms with Crippen LogP contribution in [0.5, 0.6) is 0 Å². The molecule has 1 saturated heterocycles. The molecule has 1 unspecified atom stereocenters. The number of aromatic nitrogens is 1. The van der Waals surface area contributed by atoms with E-state index in [1.807, 2.05) is 103 Å². The molecule has 5 aromatic rings. The van der Waals surface area contributed by atoms with E-state index in [0.29, 0.717) is 38.9 Å². The van der Waals surface area contributed by atoms with Gasteiger partial charge in [0.2, 0.25) is 0 Å². The summed E-state index contributed by atoms with van der Waals surface area (Å²) in [7, 11) is 0. The summed E-state index contributed by atoms with van der Waals surface area (Å²) >= 11 is 0. The lowest BCUT2D eigenvalue weighted by Crippen LogP contribution is -2.63. The maximum atomic E-state index is 6.81. The molecule has 0 bridgehead atoms. The molecule has 236 valence electrons. The van der Waals surface area contributed by atoms with Gasteiger partial charge in [0.25, 0.3) is 0 Å². The van der Waals surface area contributed by atoms with Crippen molar-refractivity contribution in [2.75, 3.05) is 11.9 Å². The number of hydrogen-bond acceptors (Lipinski definition) is 7. The zero-order chi connectivity index (χ0) is 31.2. The first-order valence-corrected chi connectivity index (χ1v) is 15.7. The molecule has 1 fully saturated rings. The van der Waals surface area contributed by atoms with Crippen LogP contribution in [0.15, 0.2) is 146 Å². The van der Waals surface area contributed by atoms with Gasteiger partial charge in [0.15, 0.2) is 6.23 Å². The van der Waals surface area contributed by atoms with Crippen LogP contribution in [0.1, 0.15) is 22.3 Å². The van der Waals surface area contributed by atoms with Crippen LogP contribution in [0, 0.1) is 0 Å². The third-order valence-corrected chi connectivity index (χ3v) is 7.84. The lowest BCUT2D eigenvalue weighted by atomic mass is 9.96. The van der Waals surface area contributed by atoms with Crippen molar-refractivity contribution in [3.8, 4) is 0 Å². The van der Waals surface area contributed by atoms with Gasteiger partial charge in [-0.15, -0.1) is 0 Å². The Labute approximate surface area is 271 Å². The fourth-order valence-corrected chi connectivity index (χ4v) is 5.50. The molecule has 1 aliphatic rings. The molecular weight excluding hydrogens is 576 g/mol. The van der Waals surface area contributed by atoms with Gasteiger partial charge in [-0.2, -0.15) is 0 Å². The highest BCUT2D eigenvalue weighted by molar-refractivity contribution is 5.34. The highest BCUT2D eigenvalue weighted by Gasteiger charge is 2.48. The Morgan fingerprint density at radius 3 is 1.46 bits per heavy atom. The van der Waals surface area contributed by atoms with E-state index in [4.69, 9.17) is 23.7 Å². The molecule has 4 aromatic carbocycles. The van der Waals surface area contributed by atoms with E-state index in [1.165, 1.54) is 0 Å². The van der Waals surface area contributed by atoms with E-state index >= 15 is 0 Å². The van der Waals surface area contributed by atoms with E-state index < -0.39 is 30.6 Å². The van der Waals surface area contributed by atoms with Gasteiger partial charge >= 0.3 is 0 Å². The molecular formula is C39H40N2O5. The first-order valence-electron chi connectivity index (χ1n) is 15.7. The van der Waals surface area contributed by atoms with Crippen LogP contribution in [0.2, 0.25) is 0 Å². The van der Waals surface area contributed by atoms with Crippen molar-refractivity contribution >= 4 is 5.82 Å². The Kier molecular flexibility index (Phi) is 11.5. The number of benzene rings is 4. The third-order valence-electron chi connectivity index (χ3n) is 7.84. The van der Waals surface area contributed by atoms with Crippen molar-refractivity contribution in [2.24, 2.45) is 0 Å². The number of nitrogens with one attached hydrogen (secondary N) is 1. The van der Waals surface area contributed by atoms with Gasteiger partial charge in [-0.25, -0.2) is 4.98 Å². The monoisotopic (exact) mass is 616 g/mol. The molecule has 0 aliphatic carbocycles. The molecule has 5 atom stereocenters. The van der Waals surface area contributed by atoms with Crippen molar-refractivity contribution in [3.63, 3.8) is 0 Å². The zero-order valence-electron chi connectivity index (χ0n) is 25.8. The summed E-state index contributed by atoms with van der Waals surface area (Å²) in [6.45, 7) is 1.90. The summed E-state index contributed by atoms with van der Waals surface area (Å²) in [4.78, 5) is 4.52. The standard InChI is InChI=1S/C39H40N2O5/c1-5-15-30(16-6-1)25-42-29-34-36(43-26-31-17-7-2-8-18-31)37(44-27-32-19-9-3-10-20-32)38(45-28-33-21-11-4-12-22-33)39(46-34)41-35-23-13-14-24-40-35/h1-24,34,36-39H,25-29H2,(H,40,41)/t34-,36-,37+,38-,39?/m1/s1. The first-order chi connectivity index (χ1) is 22.8. The van der Waals surface area contributed by atoms with Crippen LogP contribution in [0.25, 0.3) is 0 Å². The van der Waals surface area contributed by atoms with E-state index in [-0.39, 0.29) is 0 Å².